The molecule has 3 nitrogen and oxygen atoms in total. The zero-order valence-corrected chi connectivity index (χ0v) is 13.3. The standard InChI is InChI=1S/C14H26IN2O/c1-5-16-6-2-11(1)9-18-10-13-14(15-13)12-3-7-17-8-4-12/h11-14,16-17H,1-10H2/q-1/t13-,14+/m0/s1. The first-order valence-corrected chi connectivity index (χ1v) is 10.0. The van der Waals surface area contributed by atoms with Gasteiger partial charge in [0.15, 0.2) is 0 Å². The molecule has 0 bridgehead atoms. The summed E-state index contributed by atoms with van der Waals surface area (Å²) in [5.74, 6) is 1.88. The van der Waals surface area contributed by atoms with Crippen LogP contribution in [-0.4, -0.2) is 47.2 Å². The third kappa shape index (κ3) is 3.81. The van der Waals surface area contributed by atoms with Crippen molar-refractivity contribution in [1.29, 1.82) is 0 Å². The molecule has 0 aromatic heterocycles. The van der Waals surface area contributed by atoms with E-state index in [4.69, 9.17) is 4.74 Å². The average molecular weight is 365 g/mol. The molecular weight excluding hydrogens is 339 g/mol. The molecule has 2 N–H and O–H groups in total. The Kier molecular flexibility index (Phi) is 5.18. The molecule has 0 unspecified atom stereocenters. The van der Waals surface area contributed by atoms with Crippen LogP contribution < -0.4 is 31.8 Å². The van der Waals surface area contributed by atoms with Crippen molar-refractivity contribution in [2.24, 2.45) is 11.8 Å². The van der Waals surface area contributed by atoms with Crippen LogP contribution in [-0.2, 0) is 4.74 Å². The molecule has 0 radical (unpaired) electrons. The molecule has 0 aromatic rings. The van der Waals surface area contributed by atoms with Crippen LogP contribution in [0.4, 0.5) is 0 Å². The normalized spacial score (nSPS) is 35.1. The van der Waals surface area contributed by atoms with Crippen molar-refractivity contribution in [3.05, 3.63) is 0 Å². The third-order valence-electron chi connectivity index (χ3n) is 4.51. The zero-order chi connectivity index (χ0) is 12.2. The van der Waals surface area contributed by atoms with Crippen molar-refractivity contribution in [3.63, 3.8) is 0 Å². The second-order valence-corrected chi connectivity index (χ2v) is 9.66. The first kappa shape index (κ1) is 13.6. The predicted molar refractivity (Wildman–Crippen MR) is 69.6 cm³/mol. The van der Waals surface area contributed by atoms with Crippen LogP contribution in [0, 0.1) is 11.8 Å². The van der Waals surface area contributed by atoms with Gasteiger partial charge < -0.3 is 0 Å². The quantitative estimate of drug-likeness (QED) is 0.430. The average Bonchev–Trinajstić information content (AvgIpc) is 3.21. The molecule has 0 spiro atoms. The molecule has 2 atom stereocenters. The van der Waals surface area contributed by atoms with E-state index in [1.165, 1.54) is 51.9 Å². The van der Waals surface area contributed by atoms with Gasteiger partial charge in [-0.3, -0.25) is 0 Å². The molecule has 0 aromatic carbocycles. The van der Waals surface area contributed by atoms with Gasteiger partial charge in [-0.15, -0.1) is 0 Å². The van der Waals surface area contributed by atoms with Crippen molar-refractivity contribution in [3.8, 4) is 0 Å². The predicted octanol–water partition coefficient (Wildman–Crippen LogP) is -2.16. The molecule has 3 heterocycles. The maximum absolute atomic E-state index is 6.00. The fraction of sp³-hybridized carbons (Fsp3) is 1.00. The van der Waals surface area contributed by atoms with E-state index in [1.807, 2.05) is 0 Å². The van der Waals surface area contributed by atoms with Gasteiger partial charge in [-0.1, -0.05) is 0 Å². The van der Waals surface area contributed by atoms with Crippen LogP contribution in [0.5, 0.6) is 0 Å². The zero-order valence-electron chi connectivity index (χ0n) is 11.2. The Morgan fingerprint density at radius 1 is 0.889 bits per heavy atom. The first-order chi connectivity index (χ1) is 8.93. The van der Waals surface area contributed by atoms with Gasteiger partial charge in [0.1, 0.15) is 0 Å². The van der Waals surface area contributed by atoms with Crippen molar-refractivity contribution in [1.82, 2.24) is 10.6 Å². The molecule has 3 aliphatic heterocycles. The van der Waals surface area contributed by atoms with Gasteiger partial charge in [0.2, 0.25) is 0 Å². The number of nitrogens with one attached hydrogen (secondary N) is 2. The third-order valence-corrected chi connectivity index (χ3v) is 8.45. The van der Waals surface area contributed by atoms with Gasteiger partial charge in [-0.25, -0.2) is 0 Å². The van der Waals surface area contributed by atoms with Crippen molar-refractivity contribution >= 4 is 0 Å². The van der Waals surface area contributed by atoms with E-state index in [1.54, 1.807) is 0 Å². The van der Waals surface area contributed by atoms with Gasteiger partial charge in [-0.05, 0) is 0 Å². The summed E-state index contributed by atoms with van der Waals surface area (Å²) in [6, 6.07) is 0. The minimum absolute atomic E-state index is 0.487. The number of alkyl halides is 2. The molecule has 0 amide bonds. The number of ether oxygens (including phenoxy) is 1. The molecule has 0 aliphatic carbocycles. The monoisotopic (exact) mass is 365 g/mol. The van der Waals surface area contributed by atoms with Gasteiger partial charge in [-0.2, -0.15) is 0 Å². The maximum atomic E-state index is 6.00. The summed E-state index contributed by atoms with van der Waals surface area (Å²) < 4.78 is 8.12. The SMILES string of the molecule is C1CC(COC[C@@H]2[I-][C@@H]2C2CCNCC2)CCN1. The van der Waals surface area contributed by atoms with E-state index in [0.717, 1.165) is 32.9 Å². The van der Waals surface area contributed by atoms with Crippen LogP contribution in [0.2, 0.25) is 0 Å². The summed E-state index contributed by atoms with van der Waals surface area (Å²) in [7, 11) is 0. The Hall–Kier alpha value is 0.610. The first-order valence-electron chi connectivity index (χ1n) is 7.54. The number of hydrogen-bond acceptors (Lipinski definition) is 3. The van der Waals surface area contributed by atoms with Crippen molar-refractivity contribution in [2.75, 3.05) is 39.4 Å². The Morgan fingerprint density at radius 3 is 2.28 bits per heavy atom. The molecule has 0 saturated carbocycles. The van der Waals surface area contributed by atoms with Crippen LogP contribution in [0.15, 0.2) is 0 Å². The van der Waals surface area contributed by atoms with Crippen molar-refractivity contribution in [2.45, 2.75) is 33.5 Å². The topological polar surface area (TPSA) is 33.3 Å². The molecule has 3 saturated heterocycles. The van der Waals surface area contributed by atoms with Crippen LogP contribution in [0.25, 0.3) is 0 Å². The summed E-state index contributed by atoms with van der Waals surface area (Å²) in [5, 5.41) is 6.89. The van der Waals surface area contributed by atoms with Crippen LogP contribution >= 0.6 is 0 Å². The van der Waals surface area contributed by atoms with Gasteiger partial charge in [0, 0.05) is 0 Å². The van der Waals surface area contributed by atoms with Crippen LogP contribution in [0.3, 0.4) is 0 Å². The second kappa shape index (κ2) is 6.86. The van der Waals surface area contributed by atoms with Gasteiger partial charge >= 0.3 is 121 Å². The minimum atomic E-state index is 0.487. The van der Waals surface area contributed by atoms with E-state index in [-0.39, 0.29) is 0 Å². The molecule has 18 heavy (non-hydrogen) atoms. The Bertz CT molecular complexity index is 252. The molecule has 3 aliphatic rings. The van der Waals surface area contributed by atoms with E-state index in [0.29, 0.717) is 21.2 Å². The number of piperidine rings is 2. The summed E-state index contributed by atoms with van der Waals surface area (Å²) in [5.41, 5.74) is 0. The Balaban J connectivity index is 1.28. The summed E-state index contributed by atoms with van der Waals surface area (Å²) >= 11 is 0.487. The Morgan fingerprint density at radius 2 is 1.56 bits per heavy atom. The molecule has 106 valence electrons. The van der Waals surface area contributed by atoms with E-state index in [9.17, 15) is 0 Å². The fourth-order valence-corrected chi connectivity index (χ4v) is 6.62. The number of halogens is 1. The number of hydrogen-bond donors (Lipinski definition) is 2. The summed E-state index contributed by atoms with van der Waals surface area (Å²) in [6.07, 6.45) is 5.49. The van der Waals surface area contributed by atoms with Crippen molar-refractivity contribution < 1.29 is 25.9 Å². The van der Waals surface area contributed by atoms with Crippen LogP contribution in [0.1, 0.15) is 25.7 Å². The Labute approximate surface area is 121 Å². The molecular formula is C14H26IN2O-. The van der Waals surface area contributed by atoms with E-state index in [2.05, 4.69) is 10.6 Å². The molecule has 3 rings (SSSR count). The van der Waals surface area contributed by atoms with Gasteiger partial charge in [0.05, 0.1) is 0 Å². The fourth-order valence-electron chi connectivity index (χ4n) is 3.23. The van der Waals surface area contributed by atoms with E-state index >= 15 is 0 Å². The number of rotatable bonds is 5. The molecule has 4 heteroatoms. The summed E-state index contributed by atoms with van der Waals surface area (Å²) in [6.45, 7) is 7.03. The summed E-state index contributed by atoms with van der Waals surface area (Å²) in [4.78, 5) is 0. The van der Waals surface area contributed by atoms with Gasteiger partial charge in [0.25, 0.3) is 0 Å². The van der Waals surface area contributed by atoms with E-state index < -0.39 is 0 Å². The second-order valence-electron chi connectivity index (χ2n) is 5.90. The molecule has 3 fully saturated rings.